The van der Waals surface area contributed by atoms with Gasteiger partial charge in [-0.2, -0.15) is 5.10 Å². The molecule has 1 fully saturated rings. The molecule has 0 spiro atoms. The number of aromatic nitrogens is 6. The van der Waals surface area contributed by atoms with Gasteiger partial charge < -0.3 is 14.6 Å². The Bertz CT molecular complexity index is 1870. The maximum atomic E-state index is 13.8. The second-order valence-electron chi connectivity index (χ2n) is 7.33. The fraction of sp³-hybridized carbons (Fsp3) is 0.240. The minimum Gasteiger partial charge on any atom is -0.494 e. The van der Waals surface area contributed by atoms with Crippen LogP contribution in [-0.2, 0) is 4.79 Å². The quantitative estimate of drug-likeness (QED) is 0.259. The van der Waals surface area contributed by atoms with Crippen molar-refractivity contribution in [1.29, 1.82) is 0 Å². The Balaban J connectivity index is 1.68. The number of carbonyl (C=O) groups is 2. The summed E-state index contributed by atoms with van der Waals surface area (Å²) in [5.74, 6) is -2.81. The maximum absolute atomic E-state index is 13.8. The zero-order chi connectivity index (χ0) is 32.4. The molecule has 5 heterocycles. The molecule has 0 saturated carbocycles. The summed E-state index contributed by atoms with van der Waals surface area (Å²) in [5.41, 5.74) is -2.45. The van der Waals surface area contributed by atoms with E-state index in [9.17, 15) is 9.59 Å². The summed E-state index contributed by atoms with van der Waals surface area (Å²) in [6.45, 7) is 1.89. The largest absolute Gasteiger partial charge is 0.494 e. The van der Waals surface area contributed by atoms with E-state index >= 15 is 0 Å². The Morgan fingerprint density at radius 1 is 1.22 bits per heavy atom. The number of likely N-dealkylation sites (tertiary alicyclic amines) is 1. The number of ketones is 1. The molecule has 0 bridgehead atoms. The Kier molecular flexibility index (Phi) is 3.98. The third-order valence-corrected chi connectivity index (χ3v) is 5.18. The van der Waals surface area contributed by atoms with Crippen LogP contribution in [0.3, 0.4) is 0 Å². The summed E-state index contributed by atoms with van der Waals surface area (Å²) in [4.78, 5) is 45.4. The van der Waals surface area contributed by atoms with Gasteiger partial charge in [-0.15, -0.1) is 0 Å². The summed E-state index contributed by atoms with van der Waals surface area (Å²) in [6, 6.07) is 4.17. The number of ether oxygens (including phenoxy) is 1. The number of nitrogens with zero attached hydrogens (tertiary/aromatic N) is 7. The van der Waals surface area contributed by atoms with E-state index < -0.39 is 54.3 Å². The molecular weight excluding hydrogens is 460 g/mol. The summed E-state index contributed by atoms with van der Waals surface area (Å²) >= 11 is 0. The van der Waals surface area contributed by atoms with Crippen LogP contribution in [0.4, 0.5) is 0 Å². The third-order valence-electron chi connectivity index (χ3n) is 5.18. The van der Waals surface area contributed by atoms with E-state index in [-0.39, 0.29) is 33.1 Å². The van der Waals surface area contributed by atoms with Gasteiger partial charge in [-0.05, 0) is 31.8 Å². The minimum atomic E-state index is -3.68. The molecule has 0 aromatic carbocycles. The van der Waals surface area contributed by atoms with Crippen molar-refractivity contribution in [3.05, 3.63) is 77.2 Å². The Morgan fingerprint density at radius 3 is 2.67 bits per heavy atom. The van der Waals surface area contributed by atoms with Crippen LogP contribution in [-0.4, -0.2) is 66.4 Å². The van der Waals surface area contributed by atoms with Gasteiger partial charge in [0.25, 0.3) is 11.7 Å². The summed E-state index contributed by atoms with van der Waals surface area (Å²) < 4.78 is 75.8. The lowest BCUT2D eigenvalue weighted by Gasteiger charge is -2.28. The van der Waals surface area contributed by atoms with Gasteiger partial charge in [0.15, 0.2) is 5.82 Å². The van der Waals surface area contributed by atoms with Crippen molar-refractivity contribution in [1.82, 2.24) is 34.6 Å². The van der Waals surface area contributed by atoms with Gasteiger partial charge >= 0.3 is 0 Å². The molecule has 1 saturated heterocycles. The SMILES string of the molecule is [2H]C1([2H])C(=C([N+]#[C-])c2ccccn2)C([2H])([2H])C([2H])([2H])N(C(=O)C(=O)c2c[nH]c3c(-n4cnc(C)n4)ncc(OC)c23)C1([2H])[2H]. The van der Waals surface area contributed by atoms with Crippen LogP contribution in [0.1, 0.15) is 45.6 Å². The van der Waals surface area contributed by atoms with Gasteiger partial charge in [0, 0.05) is 36.4 Å². The number of nitrogens with one attached hydrogen (secondary N) is 1. The Hall–Kier alpha value is -4.85. The molecule has 0 unspecified atom stereocenters. The van der Waals surface area contributed by atoms with Crippen molar-refractivity contribution in [3.63, 3.8) is 0 Å². The highest BCUT2D eigenvalue weighted by Crippen LogP contribution is 2.32. The summed E-state index contributed by atoms with van der Waals surface area (Å²) in [6.07, 6.45) is -2.12. The Labute approximate surface area is 217 Å². The molecule has 4 aromatic rings. The average Bonchev–Trinajstić information content (AvgIpc) is 3.61. The van der Waals surface area contributed by atoms with Gasteiger partial charge in [-0.3, -0.25) is 14.6 Å². The number of carbonyl (C=O) groups excluding carboxylic acids is 2. The van der Waals surface area contributed by atoms with Crippen molar-refractivity contribution in [3.8, 4) is 11.6 Å². The second kappa shape index (κ2) is 9.42. The molecule has 1 aliphatic heterocycles. The fourth-order valence-corrected chi connectivity index (χ4v) is 3.52. The third kappa shape index (κ3) is 3.98. The first-order valence-electron chi connectivity index (χ1n) is 14.4. The number of aromatic amines is 1. The molecule has 11 heteroatoms. The van der Waals surface area contributed by atoms with E-state index in [4.69, 9.17) is 22.3 Å². The molecule has 1 amide bonds. The molecule has 180 valence electrons. The lowest BCUT2D eigenvalue weighted by atomic mass is 9.99. The van der Waals surface area contributed by atoms with Crippen LogP contribution in [0.25, 0.3) is 27.3 Å². The van der Waals surface area contributed by atoms with Crippen molar-refractivity contribution in [2.75, 3.05) is 20.1 Å². The maximum Gasteiger partial charge on any atom is 0.295 e. The van der Waals surface area contributed by atoms with Crippen molar-refractivity contribution in [2.45, 2.75) is 19.7 Å². The standard InChI is InChI=1S/C25H22N8O3/c1-15-30-14-33(31-15)24-22-20(19(36-3)13-29-24)17(12-28-22)23(34)25(35)32-10-7-16(8-11-32)21(26-2)18-6-4-5-9-27-18/h4-6,9,12-14,28H,7-8,10-11H2,1,3H3/i7D2,8D2,10D2,11D2. The zero-order valence-electron chi connectivity index (χ0n) is 26.9. The lowest BCUT2D eigenvalue weighted by molar-refractivity contribution is -0.126. The highest BCUT2D eigenvalue weighted by molar-refractivity contribution is 6.45. The first-order valence-corrected chi connectivity index (χ1v) is 10.4. The number of Topliss-reactive ketones (excluding diaryl/α,β-unsaturated/α-hetero) is 1. The van der Waals surface area contributed by atoms with Gasteiger partial charge in [-0.25, -0.2) is 19.5 Å². The Morgan fingerprint density at radius 2 is 2.03 bits per heavy atom. The average molecular weight is 491 g/mol. The zero-order valence-corrected chi connectivity index (χ0v) is 18.9. The number of fused-ring (bicyclic) bond motifs is 1. The lowest BCUT2D eigenvalue weighted by Crippen LogP contribution is -2.40. The van der Waals surface area contributed by atoms with E-state index in [1.807, 2.05) is 0 Å². The van der Waals surface area contributed by atoms with E-state index in [1.165, 1.54) is 48.7 Å². The van der Waals surface area contributed by atoms with E-state index in [1.54, 1.807) is 6.92 Å². The fourth-order valence-electron chi connectivity index (χ4n) is 3.52. The minimum absolute atomic E-state index is 0.000755. The number of hydrogen-bond donors (Lipinski definition) is 1. The predicted octanol–water partition coefficient (Wildman–Crippen LogP) is 2.99. The molecule has 36 heavy (non-hydrogen) atoms. The molecule has 11 nitrogen and oxygen atoms in total. The number of pyridine rings is 2. The smallest absolute Gasteiger partial charge is 0.295 e. The number of aryl methyl sites for hydroxylation is 1. The highest BCUT2D eigenvalue weighted by atomic mass is 16.5. The van der Waals surface area contributed by atoms with Crippen LogP contribution in [0, 0.1) is 13.5 Å². The molecule has 1 N–H and O–H groups in total. The van der Waals surface area contributed by atoms with Crippen molar-refractivity contribution < 1.29 is 25.3 Å². The summed E-state index contributed by atoms with van der Waals surface area (Å²) in [5, 5.41) is 4.18. The first kappa shape index (κ1) is 15.2. The number of rotatable bonds is 5. The van der Waals surface area contributed by atoms with Gasteiger partial charge in [0.1, 0.15) is 17.9 Å². The number of hydrogen-bond acceptors (Lipinski definition) is 7. The van der Waals surface area contributed by atoms with Gasteiger partial charge in [-0.1, -0.05) is 11.6 Å². The van der Waals surface area contributed by atoms with E-state index in [2.05, 4.69) is 29.9 Å². The molecule has 0 radical (unpaired) electrons. The van der Waals surface area contributed by atoms with Crippen LogP contribution in [0.5, 0.6) is 5.75 Å². The topological polar surface area (TPSA) is 123 Å². The van der Waals surface area contributed by atoms with E-state index in [0.717, 1.165) is 6.20 Å². The highest BCUT2D eigenvalue weighted by Gasteiger charge is 2.30. The molecule has 4 aromatic heterocycles. The number of amides is 1. The first-order chi connectivity index (χ1) is 20.5. The summed E-state index contributed by atoms with van der Waals surface area (Å²) in [7, 11) is 1.27. The molecular formula is C25H22N8O3. The van der Waals surface area contributed by atoms with Gasteiger partial charge in [0.05, 0.1) is 42.0 Å². The molecule has 0 atom stereocenters. The van der Waals surface area contributed by atoms with Crippen LogP contribution >= 0.6 is 0 Å². The molecule has 5 rings (SSSR count). The van der Waals surface area contributed by atoms with E-state index in [0.29, 0.717) is 5.82 Å². The van der Waals surface area contributed by atoms with Crippen LogP contribution in [0.2, 0.25) is 0 Å². The monoisotopic (exact) mass is 490 g/mol. The van der Waals surface area contributed by atoms with Gasteiger partial charge in [0.2, 0.25) is 5.70 Å². The van der Waals surface area contributed by atoms with Crippen LogP contribution < -0.4 is 4.74 Å². The predicted molar refractivity (Wildman–Crippen MR) is 130 cm³/mol. The number of H-pyrrole nitrogens is 1. The van der Waals surface area contributed by atoms with Crippen LogP contribution in [0.15, 0.2) is 48.7 Å². The number of methoxy groups -OCH3 is 1. The number of piperidine rings is 1. The molecule has 0 aliphatic carbocycles. The molecule has 1 aliphatic rings. The van der Waals surface area contributed by atoms with Crippen molar-refractivity contribution in [2.24, 2.45) is 0 Å². The van der Waals surface area contributed by atoms with Crippen molar-refractivity contribution >= 4 is 28.3 Å². The normalized spacial score (nSPS) is 22.4. The second-order valence-corrected chi connectivity index (χ2v) is 7.33.